The van der Waals surface area contributed by atoms with Crippen molar-refractivity contribution in [1.82, 2.24) is 9.80 Å². The molecule has 41 heavy (non-hydrogen) atoms. The minimum absolute atomic E-state index is 0.0573. The number of hydrogen-bond acceptors (Lipinski definition) is 5. The Bertz CT molecular complexity index is 1310. The largest absolute Gasteiger partial charge is 0.417 e. The van der Waals surface area contributed by atoms with Crippen LogP contribution in [0.4, 0.5) is 32.0 Å². The van der Waals surface area contributed by atoms with Crippen LogP contribution in [0.3, 0.4) is 0 Å². The Kier molecular flexibility index (Phi) is 9.27. The number of anilines is 1. The molecule has 2 aliphatic rings. The summed E-state index contributed by atoms with van der Waals surface area (Å²) < 4.78 is 79.5. The van der Waals surface area contributed by atoms with Crippen molar-refractivity contribution in [2.24, 2.45) is 0 Å². The van der Waals surface area contributed by atoms with Crippen LogP contribution < -0.4 is 4.90 Å². The fourth-order valence-electron chi connectivity index (χ4n) is 5.09. The molecule has 0 aliphatic carbocycles. The molecule has 0 radical (unpaired) electrons. The van der Waals surface area contributed by atoms with E-state index in [-0.39, 0.29) is 35.6 Å². The lowest BCUT2D eigenvalue weighted by atomic mass is 10.0. The second-order valence-corrected chi connectivity index (χ2v) is 11.0. The van der Waals surface area contributed by atoms with E-state index in [2.05, 4.69) is 4.90 Å². The molecule has 2 aromatic rings. The van der Waals surface area contributed by atoms with Gasteiger partial charge in [0, 0.05) is 37.3 Å². The lowest BCUT2D eigenvalue weighted by Gasteiger charge is -2.34. The first-order chi connectivity index (χ1) is 19.3. The fourth-order valence-corrected chi connectivity index (χ4v) is 5.78. The van der Waals surface area contributed by atoms with Gasteiger partial charge < -0.3 is 4.90 Å². The smallest absolute Gasteiger partial charge is 0.335 e. The quantitative estimate of drug-likeness (QED) is 0.190. The first-order valence-corrected chi connectivity index (χ1v) is 14.1. The topological polar surface area (TPSA) is 60.9 Å². The van der Waals surface area contributed by atoms with Crippen molar-refractivity contribution in [3.8, 4) is 0 Å². The van der Waals surface area contributed by atoms with Gasteiger partial charge in [0.15, 0.2) is 0 Å². The molecule has 4 rings (SSSR count). The molecule has 0 saturated carbocycles. The standard InChI is InChI=1S/C28H29F6N3O3S/c1-18-20(7-4-2-3-5-11-35-12-14-36(15-13-35)26(40)23-8-6-16-41-23)25(39)37(24(18)38)19-9-10-21(27(29,30)31)22(17-19)28(32,33)34/h6,8-10,16-17H,2-5,7,11-15H2,1H3. The number of alkyl halides is 6. The summed E-state index contributed by atoms with van der Waals surface area (Å²) in [6, 6.07) is 4.83. The van der Waals surface area contributed by atoms with Crippen molar-refractivity contribution in [2.45, 2.75) is 51.4 Å². The van der Waals surface area contributed by atoms with Gasteiger partial charge in [0.2, 0.25) is 0 Å². The van der Waals surface area contributed by atoms with Crippen LogP contribution in [-0.2, 0) is 21.9 Å². The number of benzene rings is 1. The molecule has 1 saturated heterocycles. The molecule has 1 aromatic carbocycles. The van der Waals surface area contributed by atoms with Gasteiger partial charge in [-0.25, -0.2) is 4.90 Å². The minimum Gasteiger partial charge on any atom is -0.335 e. The van der Waals surface area contributed by atoms with Crippen molar-refractivity contribution in [3.63, 3.8) is 0 Å². The molecule has 0 bridgehead atoms. The highest BCUT2D eigenvalue weighted by Gasteiger charge is 2.44. The summed E-state index contributed by atoms with van der Waals surface area (Å²) in [7, 11) is 0. The van der Waals surface area contributed by atoms with Crippen LogP contribution in [0.1, 0.15) is 59.8 Å². The summed E-state index contributed by atoms with van der Waals surface area (Å²) in [5.74, 6) is -1.59. The number of piperazine rings is 1. The van der Waals surface area contributed by atoms with Gasteiger partial charge >= 0.3 is 12.4 Å². The van der Waals surface area contributed by atoms with E-state index in [1.807, 2.05) is 22.4 Å². The van der Waals surface area contributed by atoms with Gasteiger partial charge in [0.05, 0.1) is 21.7 Å². The number of halogens is 6. The predicted molar refractivity (Wildman–Crippen MR) is 141 cm³/mol. The molecule has 13 heteroatoms. The number of rotatable bonds is 9. The molecule has 1 aromatic heterocycles. The maximum Gasteiger partial charge on any atom is 0.417 e. The van der Waals surface area contributed by atoms with Crippen LogP contribution in [-0.4, -0.2) is 60.2 Å². The van der Waals surface area contributed by atoms with Crippen molar-refractivity contribution in [3.05, 3.63) is 62.9 Å². The highest BCUT2D eigenvalue weighted by Crippen LogP contribution is 2.42. The Morgan fingerprint density at radius 3 is 2.12 bits per heavy atom. The molecule has 0 unspecified atom stereocenters. The Morgan fingerprint density at radius 1 is 0.854 bits per heavy atom. The molecule has 222 valence electrons. The van der Waals surface area contributed by atoms with E-state index < -0.39 is 41.0 Å². The zero-order valence-corrected chi connectivity index (χ0v) is 23.1. The first-order valence-electron chi connectivity index (χ1n) is 13.2. The number of amides is 3. The molecule has 3 amide bonds. The number of carbonyl (C=O) groups is 3. The molecule has 6 nitrogen and oxygen atoms in total. The van der Waals surface area contributed by atoms with Crippen LogP contribution in [0.5, 0.6) is 0 Å². The van der Waals surface area contributed by atoms with E-state index in [4.69, 9.17) is 0 Å². The number of unbranched alkanes of at least 4 members (excludes halogenated alkanes) is 3. The zero-order chi connectivity index (χ0) is 29.9. The molecule has 1 fully saturated rings. The fraction of sp³-hybridized carbons (Fsp3) is 0.464. The van der Waals surface area contributed by atoms with Gasteiger partial charge in [-0.3, -0.25) is 19.3 Å². The summed E-state index contributed by atoms with van der Waals surface area (Å²) in [5.41, 5.74) is -4.14. The molecule has 2 aliphatic heterocycles. The van der Waals surface area contributed by atoms with Crippen LogP contribution >= 0.6 is 11.3 Å². The van der Waals surface area contributed by atoms with Gasteiger partial charge in [0.1, 0.15) is 0 Å². The molecule has 0 spiro atoms. The van der Waals surface area contributed by atoms with Gasteiger partial charge in [-0.05, 0) is 62.4 Å². The van der Waals surface area contributed by atoms with Gasteiger partial charge in [-0.2, -0.15) is 26.3 Å². The lowest BCUT2D eigenvalue weighted by Crippen LogP contribution is -2.48. The van der Waals surface area contributed by atoms with Crippen molar-refractivity contribution in [2.75, 3.05) is 37.6 Å². The van der Waals surface area contributed by atoms with Crippen LogP contribution in [0, 0.1) is 0 Å². The predicted octanol–water partition coefficient (Wildman–Crippen LogP) is 6.38. The molecular weight excluding hydrogens is 572 g/mol. The summed E-state index contributed by atoms with van der Waals surface area (Å²) in [6.45, 7) is 5.17. The average molecular weight is 602 g/mol. The van der Waals surface area contributed by atoms with Gasteiger partial charge in [-0.15, -0.1) is 11.3 Å². The van der Waals surface area contributed by atoms with Crippen molar-refractivity contribution < 1.29 is 40.7 Å². The van der Waals surface area contributed by atoms with E-state index in [9.17, 15) is 40.7 Å². The summed E-state index contributed by atoms with van der Waals surface area (Å²) in [6.07, 6.45) is -7.24. The molecule has 0 atom stereocenters. The van der Waals surface area contributed by atoms with E-state index in [0.717, 1.165) is 43.8 Å². The molecule has 0 N–H and O–H groups in total. The Labute approximate surface area is 237 Å². The molecule has 3 heterocycles. The minimum atomic E-state index is -5.33. The number of thiophene rings is 1. The zero-order valence-electron chi connectivity index (χ0n) is 22.3. The van der Waals surface area contributed by atoms with Crippen molar-refractivity contribution >= 4 is 34.7 Å². The van der Waals surface area contributed by atoms with Crippen LogP contribution in [0.25, 0.3) is 0 Å². The normalized spacial score (nSPS) is 17.2. The second kappa shape index (κ2) is 12.4. The number of hydrogen-bond donors (Lipinski definition) is 0. The van der Waals surface area contributed by atoms with Crippen molar-refractivity contribution in [1.29, 1.82) is 0 Å². The lowest BCUT2D eigenvalue weighted by molar-refractivity contribution is -0.162. The van der Waals surface area contributed by atoms with E-state index >= 15 is 0 Å². The highest BCUT2D eigenvalue weighted by molar-refractivity contribution is 7.12. The Morgan fingerprint density at radius 2 is 1.51 bits per heavy atom. The summed E-state index contributed by atoms with van der Waals surface area (Å²) >= 11 is 1.43. The van der Waals surface area contributed by atoms with E-state index in [0.29, 0.717) is 30.5 Å². The highest BCUT2D eigenvalue weighted by atomic mass is 32.1. The van der Waals surface area contributed by atoms with Gasteiger partial charge in [-0.1, -0.05) is 18.9 Å². The maximum atomic E-state index is 13.4. The number of imide groups is 1. The SMILES string of the molecule is CC1=C(CCCCCCN2CCN(C(=O)c3cccs3)CC2)C(=O)N(c2ccc(C(F)(F)F)c(C(F)(F)F)c2)C1=O. The van der Waals surface area contributed by atoms with Crippen LogP contribution in [0.2, 0.25) is 0 Å². The van der Waals surface area contributed by atoms with E-state index in [1.54, 1.807) is 0 Å². The van der Waals surface area contributed by atoms with E-state index in [1.165, 1.54) is 18.3 Å². The van der Waals surface area contributed by atoms with Crippen LogP contribution in [0.15, 0.2) is 46.9 Å². The molecular formula is C28H29F6N3O3S. The summed E-state index contributed by atoms with van der Waals surface area (Å²) in [5, 5.41) is 1.88. The second-order valence-electron chi connectivity index (χ2n) is 10.1. The third kappa shape index (κ3) is 7.00. The Balaban J connectivity index is 1.24. The number of carbonyl (C=O) groups excluding carboxylic acids is 3. The first kappa shape index (κ1) is 30.8. The van der Waals surface area contributed by atoms with Gasteiger partial charge in [0.25, 0.3) is 17.7 Å². The monoisotopic (exact) mass is 601 g/mol. The third-order valence-electron chi connectivity index (χ3n) is 7.35. The average Bonchev–Trinajstić information content (AvgIpc) is 3.52. The third-order valence-corrected chi connectivity index (χ3v) is 8.21. The summed E-state index contributed by atoms with van der Waals surface area (Å²) in [4.78, 5) is 43.5. The maximum absolute atomic E-state index is 13.4. The Hall–Kier alpha value is -3.19. The number of nitrogens with zero attached hydrogens (tertiary/aromatic N) is 3.